The summed E-state index contributed by atoms with van der Waals surface area (Å²) in [5.74, 6) is 2.58. The van der Waals surface area contributed by atoms with Crippen LogP contribution in [0.4, 0.5) is 0 Å². The van der Waals surface area contributed by atoms with Crippen LogP contribution >= 0.6 is 0 Å². The maximum absolute atomic E-state index is 9.55. The average Bonchev–Trinajstić information content (AvgIpc) is 2.71. The first-order valence-electron chi connectivity index (χ1n) is 6.89. The summed E-state index contributed by atoms with van der Waals surface area (Å²) in [5, 5.41) is 18.0. The molecule has 1 aliphatic heterocycles. The van der Waals surface area contributed by atoms with Gasteiger partial charge in [0.25, 0.3) is 0 Å². The topological polar surface area (TPSA) is 54.2 Å². The summed E-state index contributed by atoms with van der Waals surface area (Å²) >= 11 is 0. The van der Waals surface area contributed by atoms with E-state index in [0.717, 1.165) is 31.2 Å². The molecule has 2 unspecified atom stereocenters. The number of aliphatic hydroxyl groups excluding tert-OH is 1. The molecule has 1 saturated heterocycles. The van der Waals surface area contributed by atoms with E-state index in [1.54, 1.807) is 0 Å². The molecule has 1 N–H and O–H groups in total. The van der Waals surface area contributed by atoms with Crippen molar-refractivity contribution in [1.29, 1.82) is 0 Å². The normalized spacial score (nSPS) is 25.6. The number of piperidine rings is 1. The second kappa shape index (κ2) is 5.80. The fourth-order valence-electron chi connectivity index (χ4n) is 2.85. The largest absolute Gasteiger partial charge is 0.395 e. The van der Waals surface area contributed by atoms with E-state index < -0.39 is 0 Å². The average molecular weight is 252 g/mol. The van der Waals surface area contributed by atoms with E-state index in [2.05, 4.69) is 33.5 Å². The third kappa shape index (κ3) is 2.57. The third-order valence-corrected chi connectivity index (χ3v) is 4.13. The number of hydrogen-bond donors (Lipinski definition) is 1. The van der Waals surface area contributed by atoms with E-state index in [4.69, 9.17) is 0 Å². The number of hydrogen-bond acceptors (Lipinski definition) is 4. The SMILES string of the molecule is CCc1nnc(CN2CCCC(C)C2CO)n1C. The molecule has 0 bridgehead atoms. The lowest BCUT2D eigenvalue weighted by Crippen LogP contribution is -2.46. The zero-order valence-electron chi connectivity index (χ0n) is 11.6. The predicted molar refractivity (Wildman–Crippen MR) is 70.1 cm³/mol. The summed E-state index contributed by atoms with van der Waals surface area (Å²) in [6, 6.07) is 0.264. The van der Waals surface area contributed by atoms with Crippen molar-refractivity contribution in [2.24, 2.45) is 13.0 Å². The van der Waals surface area contributed by atoms with Gasteiger partial charge in [0.1, 0.15) is 11.6 Å². The van der Waals surface area contributed by atoms with Gasteiger partial charge in [-0.05, 0) is 25.3 Å². The Morgan fingerprint density at radius 2 is 2.06 bits per heavy atom. The molecule has 2 atom stereocenters. The molecule has 1 aliphatic rings. The standard InChI is InChI=1S/C13H24N4O/c1-4-12-14-15-13(16(12)3)8-17-7-5-6-10(2)11(17)9-18/h10-11,18H,4-9H2,1-3H3. The first-order valence-corrected chi connectivity index (χ1v) is 6.89. The summed E-state index contributed by atoms with van der Waals surface area (Å²) < 4.78 is 2.08. The molecule has 5 nitrogen and oxygen atoms in total. The molecule has 2 rings (SSSR count). The smallest absolute Gasteiger partial charge is 0.146 e. The van der Waals surface area contributed by atoms with Gasteiger partial charge in [0, 0.05) is 19.5 Å². The van der Waals surface area contributed by atoms with E-state index in [1.165, 1.54) is 12.8 Å². The summed E-state index contributed by atoms with van der Waals surface area (Å²) in [6.07, 6.45) is 3.32. The molecular weight excluding hydrogens is 228 g/mol. The minimum atomic E-state index is 0.236. The Kier molecular flexibility index (Phi) is 4.35. The molecule has 5 heteroatoms. The van der Waals surface area contributed by atoms with Crippen LogP contribution in [0.1, 0.15) is 38.3 Å². The fraction of sp³-hybridized carbons (Fsp3) is 0.846. The van der Waals surface area contributed by atoms with Crippen LogP contribution in [0.15, 0.2) is 0 Å². The fourth-order valence-corrected chi connectivity index (χ4v) is 2.85. The number of aryl methyl sites for hydroxylation is 1. The molecule has 0 saturated carbocycles. The molecule has 0 aliphatic carbocycles. The Balaban J connectivity index is 2.09. The molecule has 2 heterocycles. The summed E-state index contributed by atoms with van der Waals surface area (Å²) in [6.45, 7) is 6.39. The van der Waals surface area contributed by atoms with E-state index in [0.29, 0.717) is 5.92 Å². The van der Waals surface area contributed by atoms with Gasteiger partial charge in [-0.2, -0.15) is 0 Å². The van der Waals surface area contributed by atoms with Gasteiger partial charge in [-0.25, -0.2) is 0 Å². The molecule has 1 aromatic rings. The van der Waals surface area contributed by atoms with Gasteiger partial charge in [0.15, 0.2) is 0 Å². The Labute approximate surface area is 109 Å². The molecule has 0 aromatic carbocycles. The quantitative estimate of drug-likeness (QED) is 0.867. The van der Waals surface area contributed by atoms with Crippen molar-refractivity contribution in [3.8, 4) is 0 Å². The highest BCUT2D eigenvalue weighted by molar-refractivity contribution is 4.96. The molecule has 0 spiro atoms. The monoisotopic (exact) mass is 252 g/mol. The van der Waals surface area contributed by atoms with Crippen LogP contribution < -0.4 is 0 Å². The minimum absolute atomic E-state index is 0.236. The zero-order chi connectivity index (χ0) is 13.1. The van der Waals surface area contributed by atoms with Crippen LogP contribution in [0, 0.1) is 5.92 Å². The van der Waals surface area contributed by atoms with Gasteiger partial charge in [-0.1, -0.05) is 13.8 Å². The summed E-state index contributed by atoms with van der Waals surface area (Å²) in [5.41, 5.74) is 0. The molecule has 18 heavy (non-hydrogen) atoms. The molecule has 1 aromatic heterocycles. The van der Waals surface area contributed by atoms with E-state index in [9.17, 15) is 5.11 Å². The predicted octanol–water partition coefficient (Wildman–Crippen LogP) is 0.970. The Hall–Kier alpha value is -0.940. The van der Waals surface area contributed by atoms with Crippen LogP contribution in [-0.2, 0) is 20.0 Å². The molecule has 1 fully saturated rings. The number of aromatic nitrogens is 3. The van der Waals surface area contributed by atoms with Crippen LogP contribution in [-0.4, -0.2) is 44.0 Å². The lowest BCUT2D eigenvalue weighted by atomic mass is 9.91. The van der Waals surface area contributed by atoms with Gasteiger partial charge in [0.05, 0.1) is 13.2 Å². The second-order valence-corrected chi connectivity index (χ2v) is 5.28. The summed E-state index contributed by atoms with van der Waals surface area (Å²) in [7, 11) is 2.02. The van der Waals surface area contributed by atoms with E-state index in [1.807, 2.05) is 7.05 Å². The lowest BCUT2D eigenvalue weighted by Gasteiger charge is -2.38. The van der Waals surface area contributed by atoms with E-state index in [-0.39, 0.29) is 12.6 Å². The Morgan fingerprint density at radius 3 is 2.67 bits per heavy atom. The van der Waals surface area contributed by atoms with E-state index >= 15 is 0 Å². The first-order chi connectivity index (χ1) is 8.67. The van der Waals surface area contributed by atoms with Crippen molar-refractivity contribution in [2.45, 2.75) is 45.7 Å². The number of nitrogens with zero attached hydrogens (tertiary/aromatic N) is 4. The second-order valence-electron chi connectivity index (χ2n) is 5.28. The first kappa shape index (κ1) is 13.5. The van der Waals surface area contributed by atoms with Gasteiger partial charge >= 0.3 is 0 Å². The van der Waals surface area contributed by atoms with Crippen molar-refractivity contribution in [1.82, 2.24) is 19.7 Å². The number of aliphatic hydroxyl groups is 1. The molecule has 0 amide bonds. The molecule has 102 valence electrons. The lowest BCUT2D eigenvalue weighted by molar-refractivity contribution is 0.0447. The highest BCUT2D eigenvalue weighted by atomic mass is 16.3. The van der Waals surface area contributed by atoms with Crippen molar-refractivity contribution in [3.05, 3.63) is 11.6 Å². The van der Waals surface area contributed by atoms with Crippen molar-refractivity contribution >= 4 is 0 Å². The highest BCUT2D eigenvalue weighted by Crippen LogP contribution is 2.24. The van der Waals surface area contributed by atoms with Crippen LogP contribution in [0.5, 0.6) is 0 Å². The van der Waals surface area contributed by atoms with Crippen molar-refractivity contribution < 1.29 is 5.11 Å². The maximum Gasteiger partial charge on any atom is 0.146 e. The van der Waals surface area contributed by atoms with Gasteiger partial charge in [0.2, 0.25) is 0 Å². The van der Waals surface area contributed by atoms with Crippen molar-refractivity contribution in [3.63, 3.8) is 0 Å². The van der Waals surface area contributed by atoms with Crippen LogP contribution in [0.2, 0.25) is 0 Å². The van der Waals surface area contributed by atoms with Crippen molar-refractivity contribution in [2.75, 3.05) is 13.2 Å². The van der Waals surface area contributed by atoms with Gasteiger partial charge in [-0.3, -0.25) is 4.90 Å². The highest BCUT2D eigenvalue weighted by Gasteiger charge is 2.28. The maximum atomic E-state index is 9.55. The van der Waals surface area contributed by atoms with Crippen LogP contribution in [0.3, 0.4) is 0 Å². The van der Waals surface area contributed by atoms with Gasteiger partial charge in [-0.15, -0.1) is 10.2 Å². The Morgan fingerprint density at radius 1 is 1.33 bits per heavy atom. The Bertz CT molecular complexity index is 390. The molecular formula is C13H24N4O. The van der Waals surface area contributed by atoms with Gasteiger partial charge < -0.3 is 9.67 Å². The summed E-state index contributed by atoms with van der Waals surface area (Å²) in [4.78, 5) is 2.34. The molecule has 0 radical (unpaired) electrons. The minimum Gasteiger partial charge on any atom is -0.395 e. The number of likely N-dealkylation sites (tertiary alicyclic amines) is 1. The third-order valence-electron chi connectivity index (χ3n) is 4.13. The number of rotatable bonds is 4. The zero-order valence-corrected chi connectivity index (χ0v) is 11.6. The van der Waals surface area contributed by atoms with Crippen LogP contribution in [0.25, 0.3) is 0 Å².